The Morgan fingerprint density at radius 3 is 1.90 bits per heavy atom. The second-order valence-electron chi connectivity index (χ2n) is 7.01. The first-order chi connectivity index (χ1) is 13.9. The Morgan fingerprint density at radius 2 is 1.31 bits per heavy atom. The minimum Gasteiger partial charge on any atom is -0.296 e. The van der Waals surface area contributed by atoms with Crippen LogP contribution < -0.4 is 4.90 Å². The van der Waals surface area contributed by atoms with E-state index in [9.17, 15) is 18.0 Å². The fourth-order valence-corrected chi connectivity index (χ4v) is 5.48. The van der Waals surface area contributed by atoms with Crippen LogP contribution >= 0.6 is 0 Å². The first-order valence-electron chi connectivity index (χ1n) is 9.19. The van der Waals surface area contributed by atoms with Crippen molar-refractivity contribution in [3.05, 3.63) is 96.1 Å². The highest BCUT2D eigenvalue weighted by Gasteiger charge is 2.55. The van der Waals surface area contributed by atoms with Gasteiger partial charge in [0.25, 0.3) is 5.91 Å². The van der Waals surface area contributed by atoms with Crippen LogP contribution in [0.2, 0.25) is 0 Å². The highest BCUT2D eigenvalue weighted by Crippen LogP contribution is 2.40. The number of ketones is 1. The molecule has 146 valence electrons. The van der Waals surface area contributed by atoms with E-state index in [2.05, 4.69) is 0 Å². The maximum atomic E-state index is 13.5. The second-order valence-corrected chi connectivity index (χ2v) is 9.08. The fourth-order valence-electron chi connectivity index (χ4n) is 3.67. The molecule has 1 aliphatic rings. The summed E-state index contributed by atoms with van der Waals surface area (Å²) in [6, 6.07) is 22.9. The molecule has 0 spiro atoms. The molecule has 29 heavy (non-hydrogen) atoms. The van der Waals surface area contributed by atoms with Crippen molar-refractivity contribution in [1.82, 2.24) is 0 Å². The molecule has 0 aromatic heterocycles. The summed E-state index contributed by atoms with van der Waals surface area (Å²) in [6.07, 6.45) is 0. The molecule has 3 aromatic rings. The number of rotatable bonds is 4. The van der Waals surface area contributed by atoms with Crippen LogP contribution in [0.5, 0.6) is 0 Å². The lowest BCUT2D eigenvalue weighted by Crippen LogP contribution is -2.34. The Bertz CT molecular complexity index is 1160. The van der Waals surface area contributed by atoms with Crippen molar-refractivity contribution < 1.29 is 18.0 Å². The second kappa shape index (κ2) is 7.29. The Balaban J connectivity index is 1.91. The molecule has 3 aromatic carbocycles. The number of carbonyl (C=O) groups excluding carboxylic acids is 2. The number of hydrogen-bond acceptors (Lipinski definition) is 4. The Kier molecular flexibility index (Phi) is 4.80. The average Bonchev–Trinajstić information content (AvgIpc) is 3.01. The molecule has 4 rings (SSSR count). The summed E-state index contributed by atoms with van der Waals surface area (Å²) in [5.74, 6) is -1.73. The van der Waals surface area contributed by atoms with Gasteiger partial charge < -0.3 is 0 Å². The number of hydrogen-bond donors (Lipinski definition) is 0. The zero-order valence-electron chi connectivity index (χ0n) is 15.7. The van der Waals surface area contributed by atoms with Gasteiger partial charge in [-0.2, -0.15) is 0 Å². The van der Waals surface area contributed by atoms with Crippen LogP contribution in [0.4, 0.5) is 5.69 Å². The van der Waals surface area contributed by atoms with Crippen molar-refractivity contribution in [2.24, 2.45) is 0 Å². The molecule has 5 nitrogen and oxygen atoms in total. The summed E-state index contributed by atoms with van der Waals surface area (Å²) in [6.45, 7) is 1.85. The third-order valence-corrected chi connectivity index (χ3v) is 7.18. The van der Waals surface area contributed by atoms with Gasteiger partial charge >= 0.3 is 0 Å². The van der Waals surface area contributed by atoms with E-state index < -0.39 is 32.8 Å². The zero-order valence-corrected chi connectivity index (χ0v) is 16.5. The highest BCUT2D eigenvalue weighted by molar-refractivity contribution is 7.93. The van der Waals surface area contributed by atoms with Crippen LogP contribution in [0.3, 0.4) is 0 Å². The number of Topliss-reactive ketones (excluding diaryl/α,β-unsaturated/α-hetero) is 1. The van der Waals surface area contributed by atoms with E-state index in [0.29, 0.717) is 11.3 Å². The summed E-state index contributed by atoms with van der Waals surface area (Å²) in [5.41, 5.74) is 1.99. The van der Waals surface area contributed by atoms with Crippen molar-refractivity contribution in [2.75, 3.05) is 4.90 Å². The highest BCUT2D eigenvalue weighted by atomic mass is 32.2. The first kappa shape index (κ1) is 19.1. The summed E-state index contributed by atoms with van der Waals surface area (Å²) in [4.78, 5) is 27.3. The van der Waals surface area contributed by atoms with Crippen molar-refractivity contribution >= 4 is 27.2 Å². The van der Waals surface area contributed by atoms with E-state index in [1.807, 2.05) is 6.92 Å². The van der Waals surface area contributed by atoms with Gasteiger partial charge in [0, 0.05) is 5.69 Å². The number of aryl methyl sites for hydroxylation is 1. The molecule has 1 saturated heterocycles. The minimum absolute atomic E-state index is 0.0325. The number of amides is 1. The van der Waals surface area contributed by atoms with Crippen LogP contribution in [0.15, 0.2) is 89.8 Å². The molecule has 1 fully saturated rings. The predicted molar refractivity (Wildman–Crippen MR) is 110 cm³/mol. The van der Waals surface area contributed by atoms with Gasteiger partial charge in [-0.3, -0.25) is 14.5 Å². The number of para-hydroxylation sites is 1. The van der Waals surface area contributed by atoms with E-state index in [4.69, 9.17) is 0 Å². The minimum atomic E-state index is -4.09. The molecule has 2 atom stereocenters. The lowest BCUT2D eigenvalue weighted by Gasteiger charge is -2.27. The van der Waals surface area contributed by atoms with E-state index in [-0.39, 0.29) is 4.90 Å². The summed E-state index contributed by atoms with van der Waals surface area (Å²) in [5, 5.41) is -1.51. The maximum absolute atomic E-state index is 13.5. The molecule has 1 heterocycles. The molecule has 6 heteroatoms. The standard InChI is InChI=1S/C23H19NO4S/c1-16-12-14-19(15-13-16)29(27,28)22-20(17-8-4-2-5-9-17)24(23(26)21(22)25)18-10-6-3-7-11-18/h2-15,20,22H,1H3/t20-,22-/m0/s1. The van der Waals surface area contributed by atoms with Crippen LogP contribution in [0.1, 0.15) is 17.2 Å². The number of carbonyl (C=O) groups is 2. The van der Waals surface area contributed by atoms with Gasteiger partial charge in [0.05, 0.1) is 10.9 Å². The lowest BCUT2D eigenvalue weighted by molar-refractivity contribution is -0.133. The average molecular weight is 405 g/mol. The monoisotopic (exact) mass is 405 g/mol. The van der Waals surface area contributed by atoms with Gasteiger partial charge in [0.1, 0.15) is 0 Å². The Morgan fingerprint density at radius 1 is 0.759 bits per heavy atom. The molecule has 0 unspecified atom stereocenters. The third kappa shape index (κ3) is 3.25. The van der Waals surface area contributed by atoms with Crippen LogP contribution in [-0.4, -0.2) is 25.4 Å². The van der Waals surface area contributed by atoms with E-state index >= 15 is 0 Å². The largest absolute Gasteiger partial charge is 0.296 e. The van der Waals surface area contributed by atoms with Crippen LogP contribution in [0, 0.1) is 6.92 Å². The third-order valence-electron chi connectivity index (χ3n) is 5.11. The number of benzene rings is 3. The summed E-state index contributed by atoms with van der Waals surface area (Å²) < 4.78 is 26.9. The SMILES string of the molecule is Cc1ccc(S(=O)(=O)[C@@H]2C(=O)C(=O)N(c3ccccc3)[C@H]2c2ccccc2)cc1. The van der Waals surface area contributed by atoms with Gasteiger partial charge in [0.2, 0.25) is 5.78 Å². The topological polar surface area (TPSA) is 71.5 Å². The van der Waals surface area contributed by atoms with Crippen LogP contribution in [-0.2, 0) is 19.4 Å². The first-order valence-corrected chi connectivity index (χ1v) is 10.7. The van der Waals surface area contributed by atoms with Crippen molar-refractivity contribution in [3.8, 4) is 0 Å². The number of anilines is 1. The maximum Gasteiger partial charge on any atom is 0.296 e. The molecule has 0 radical (unpaired) electrons. The summed E-state index contributed by atoms with van der Waals surface area (Å²) in [7, 11) is -4.09. The van der Waals surface area contributed by atoms with Crippen LogP contribution in [0.25, 0.3) is 0 Å². The number of nitrogens with zero attached hydrogens (tertiary/aromatic N) is 1. The van der Waals surface area contributed by atoms with E-state index in [1.54, 1.807) is 72.8 Å². The van der Waals surface area contributed by atoms with Crippen molar-refractivity contribution in [1.29, 1.82) is 0 Å². The quantitative estimate of drug-likeness (QED) is 0.623. The van der Waals surface area contributed by atoms with Gasteiger partial charge in [-0.25, -0.2) is 8.42 Å². The van der Waals surface area contributed by atoms with E-state index in [0.717, 1.165) is 5.56 Å². The van der Waals surface area contributed by atoms with Gasteiger partial charge in [-0.15, -0.1) is 0 Å². The molecular formula is C23H19NO4S. The molecule has 0 saturated carbocycles. The molecular weight excluding hydrogens is 386 g/mol. The van der Waals surface area contributed by atoms with Gasteiger partial charge in [-0.1, -0.05) is 66.2 Å². The Labute approximate surface area is 169 Å². The van der Waals surface area contributed by atoms with Gasteiger partial charge in [-0.05, 0) is 36.8 Å². The molecule has 0 aliphatic carbocycles. The lowest BCUT2D eigenvalue weighted by atomic mass is 10.0. The number of sulfone groups is 1. The van der Waals surface area contributed by atoms with Crippen molar-refractivity contribution in [3.63, 3.8) is 0 Å². The van der Waals surface area contributed by atoms with Gasteiger partial charge in [0.15, 0.2) is 15.1 Å². The summed E-state index contributed by atoms with van der Waals surface area (Å²) >= 11 is 0. The molecule has 1 aliphatic heterocycles. The molecule has 1 amide bonds. The smallest absolute Gasteiger partial charge is 0.296 e. The van der Waals surface area contributed by atoms with E-state index in [1.165, 1.54) is 17.0 Å². The Hall–Kier alpha value is -3.25. The van der Waals surface area contributed by atoms with Crippen molar-refractivity contribution in [2.45, 2.75) is 23.1 Å². The molecule has 0 bridgehead atoms. The predicted octanol–water partition coefficient (Wildman–Crippen LogP) is 3.49. The normalized spacial score (nSPS) is 19.6. The zero-order chi connectivity index (χ0) is 20.6. The molecule has 0 N–H and O–H groups in total. The fraction of sp³-hybridized carbons (Fsp3) is 0.130.